The van der Waals surface area contributed by atoms with Crippen LogP contribution in [0.4, 0.5) is 0 Å². The Balaban J connectivity index is 2.71. The largest absolute Gasteiger partial charge is 0.352 e. The molecule has 2 aromatic rings. The van der Waals surface area contributed by atoms with Gasteiger partial charge in [-0.3, -0.25) is 4.98 Å². The van der Waals surface area contributed by atoms with Crippen molar-refractivity contribution < 1.29 is 9.47 Å². The maximum absolute atomic E-state index is 6.16. The highest BCUT2D eigenvalue weighted by atomic mass is 35.5. The Bertz CT molecular complexity index is 541. The number of ether oxygens (including phenoxy) is 2. The molecular formula is C12H11Cl2NO2. The van der Waals surface area contributed by atoms with Crippen molar-refractivity contribution in [3.05, 3.63) is 40.0 Å². The molecule has 2 rings (SSSR count). The van der Waals surface area contributed by atoms with Crippen molar-refractivity contribution >= 4 is 34.1 Å². The number of nitrogens with zero attached hydrogens (tertiary/aromatic N) is 1. The second-order valence-electron chi connectivity index (χ2n) is 3.49. The van der Waals surface area contributed by atoms with Crippen molar-refractivity contribution in [2.75, 3.05) is 14.2 Å². The molecule has 0 aliphatic rings. The third kappa shape index (κ3) is 2.38. The maximum atomic E-state index is 6.16. The molecule has 90 valence electrons. The molecule has 0 aliphatic heterocycles. The number of benzene rings is 1. The minimum Gasteiger partial charge on any atom is -0.352 e. The van der Waals surface area contributed by atoms with Crippen molar-refractivity contribution in [2.45, 2.75) is 6.29 Å². The van der Waals surface area contributed by atoms with E-state index in [0.717, 1.165) is 10.9 Å². The summed E-state index contributed by atoms with van der Waals surface area (Å²) in [6.07, 6.45) is 1.03. The normalized spacial score (nSPS) is 11.4. The van der Waals surface area contributed by atoms with E-state index in [-0.39, 0.29) is 0 Å². The Hall–Kier alpha value is -0.870. The number of fused-ring (bicyclic) bond motifs is 1. The van der Waals surface area contributed by atoms with Crippen LogP contribution in [0.25, 0.3) is 10.9 Å². The number of hydrogen-bond donors (Lipinski definition) is 0. The van der Waals surface area contributed by atoms with Crippen LogP contribution in [-0.4, -0.2) is 19.2 Å². The number of pyridine rings is 1. The Labute approximate surface area is 109 Å². The van der Waals surface area contributed by atoms with E-state index in [1.807, 2.05) is 12.1 Å². The van der Waals surface area contributed by atoms with Crippen LogP contribution in [0.15, 0.2) is 24.4 Å². The predicted molar refractivity (Wildman–Crippen MR) is 68.5 cm³/mol. The molecule has 0 bridgehead atoms. The molecule has 0 atom stereocenters. The van der Waals surface area contributed by atoms with Crippen molar-refractivity contribution in [2.24, 2.45) is 0 Å². The Morgan fingerprint density at radius 3 is 2.53 bits per heavy atom. The van der Waals surface area contributed by atoms with Crippen LogP contribution < -0.4 is 0 Å². The highest BCUT2D eigenvalue weighted by Crippen LogP contribution is 2.32. The number of rotatable bonds is 3. The van der Waals surface area contributed by atoms with E-state index < -0.39 is 6.29 Å². The van der Waals surface area contributed by atoms with Crippen LogP contribution >= 0.6 is 23.2 Å². The molecule has 1 aromatic carbocycles. The first kappa shape index (κ1) is 12.6. The molecule has 1 heterocycles. The molecule has 0 radical (unpaired) electrons. The van der Waals surface area contributed by atoms with Crippen molar-refractivity contribution in [1.29, 1.82) is 0 Å². The number of halogens is 2. The molecular weight excluding hydrogens is 261 g/mol. The first-order valence-electron chi connectivity index (χ1n) is 4.96. The Morgan fingerprint density at radius 1 is 1.18 bits per heavy atom. The lowest BCUT2D eigenvalue weighted by Crippen LogP contribution is -2.06. The summed E-state index contributed by atoms with van der Waals surface area (Å²) in [6, 6.07) is 5.47. The molecule has 3 nitrogen and oxygen atoms in total. The zero-order chi connectivity index (χ0) is 12.4. The molecule has 0 amide bonds. The molecule has 5 heteroatoms. The lowest BCUT2D eigenvalue weighted by Gasteiger charge is -2.16. The zero-order valence-electron chi connectivity index (χ0n) is 9.41. The third-order valence-corrected chi connectivity index (χ3v) is 3.01. The summed E-state index contributed by atoms with van der Waals surface area (Å²) in [7, 11) is 3.11. The van der Waals surface area contributed by atoms with Gasteiger partial charge in [0.05, 0.1) is 21.1 Å². The van der Waals surface area contributed by atoms with Crippen molar-refractivity contribution in [1.82, 2.24) is 4.98 Å². The van der Waals surface area contributed by atoms with E-state index in [1.54, 1.807) is 26.5 Å². The molecule has 17 heavy (non-hydrogen) atoms. The number of aromatic nitrogens is 1. The first-order chi connectivity index (χ1) is 8.17. The predicted octanol–water partition coefficient (Wildman–Crippen LogP) is 3.83. The third-order valence-electron chi connectivity index (χ3n) is 2.47. The summed E-state index contributed by atoms with van der Waals surface area (Å²) < 4.78 is 10.5. The standard InChI is InChI=1S/C12H11Cl2NO2/c1-16-12(17-2)10-9(14)4-3-7-5-8(13)6-15-11(7)10/h3-6,12H,1-2H3. The minimum atomic E-state index is -0.542. The summed E-state index contributed by atoms with van der Waals surface area (Å²) in [5, 5.41) is 2.04. The first-order valence-corrected chi connectivity index (χ1v) is 5.72. The molecule has 1 aromatic heterocycles. The average molecular weight is 272 g/mol. The van der Waals surface area contributed by atoms with Gasteiger partial charge < -0.3 is 9.47 Å². The van der Waals surface area contributed by atoms with E-state index in [1.165, 1.54) is 0 Å². The van der Waals surface area contributed by atoms with Gasteiger partial charge in [0.25, 0.3) is 0 Å². The molecule has 0 unspecified atom stereocenters. The van der Waals surface area contributed by atoms with Crippen LogP contribution in [0.2, 0.25) is 10.0 Å². The zero-order valence-corrected chi connectivity index (χ0v) is 10.9. The van der Waals surface area contributed by atoms with Crippen LogP contribution in [0.5, 0.6) is 0 Å². The van der Waals surface area contributed by atoms with Gasteiger partial charge in [-0.1, -0.05) is 29.3 Å². The van der Waals surface area contributed by atoms with Gasteiger partial charge in [0.15, 0.2) is 6.29 Å². The van der Waals surface area contributed by atoms with Crippen LogP contribution in [0.1, 0.15) is 11.9 Å². The van der Waals surface area contributed by atoms with Crippen LogP contribution in [-0.2, 0) is 9.47 Å². The number of methoxy groups -OCH3 is 2. The van der Waals surface area contributed by atoms with Crippen LogP contribution in [0.3, 0.4) is 0 Å². The maximum Gasteiger partial charge on any atom is 0.186 e. The quantitative estimate of drug-likeness (QED) is 0.795. The van der Waals surface area contributed by atoms with Gasteiger partial charge in [-0.15, -0.1) is 0 Å². The lowest BCUT2D eigenvalue weighted by molar-refractivity contribution is -0.105. The fourth-order valence-electron chi connectivity index (χ4n) is 1.73. The SMILES string of the molecule is COC(OC)c1c(Cl)ccc2cc(Cl)cnc12. The second-order valence-corrected chi connectivity index (χ2v) is 4.33. The van der Waals surface area contributed by atoms with E-state index >= 15 is 0 Å². The van der Waals surface area contributed by atoms with Gasteiger partial charge in [0.2, 0.25) is 0 Å². The lowest BCUT2D eigenvalue weighted by atomic mass is 10.1. The summed E-state index contributed by atoms with van der Waals surface area (Å²) in [5.74, 6) is 0. The number of hydrogen-bond acceptors (Lipinski definition) is 3. The second kappa shape index (κ2) is 5.19. The molecule has 0 spiro atoms. The summed E-state index contributed by atoms with van der Waals surface area (Å²) in [6.45, 7) is 0. The monoisotopic (exact) mass is 271 g/mol. The molecule has 0 N–H and O–H groups in total. The van der Waals surface area contributed by atoms with Gasteiger partial charge in [0.1, 0.15) is 0 Å². The molecule has 0 saturated heterocycles. The van der Waals surface area contributed by atoms with Gasteiger partial charge in [-0.25, -0.2) is 0 Å². The summed E-state index contributed by atoms with van der Waals surface area (Å²) in [5.41, 5.74) is 1.45. The van der Waals surface area contributed by atoms with Gasteiger partial charge in [-0.05, 0) is 12.1 Å². The summed E-state index contributed by atoms with van der Waals surface area (Å²) in [4.78, 5) is 4.28. The van der Waals surface area contributed by atoms with E-state index in [9.17, 15) is 0 Å². The fraction of sp³-hybridized carbons (Fsp3) is 0.250. The molecule has 0 fully saturated rings. The highest BCUT2D eigenvalue weighted by Gasteiger charge is 2.17. The summed E-state index contributed by atoms with van der Waals surface area (Å²) >= 11 is 12.1. The van der Waals surface area contributed by atoms with E-state index in [2.05, 4.69) is 4.98 Å². The van der Waals surface area contributed by atoms with Gasteiger partial charge in [0, 0.05) is 25.8 Å². The van der Waals surface area contributed by atoms with Crippen molar-refractivity contribution in [3.8, 4) is 0 Å². The van der Waals surface area contributed by atoms with E-state index in [0.29, 0.717) is 15.6 Å². The Morgan fingerprint density at radius 2 is 1.88 bits per heavy atom. The fourth-order valence-corrected chi connectivity index (χ4v) is 2.14. The molecule has 0 saturated carbocycles. The van der Waals surface area contributed by atoms with E-state index in [4.69, 9.17) is 32.7 Å². The molecule has 0 aliphatic carbocycles. The Kier molecular flexibility index (Phi) is 3.84. The van der Waals surface area contributed by atoms with Crippen molar-refractivity contribution in [3.63, 3.8) is 0 Å². The minimum absolute atomic E-state index is 0.542. The topological polar surface area (TPSA) is 31.4 Å². The highest BCUT2D eigenvalue weighted by molar-refractivity contribution is 6.33. The smallest absolute Gasteiger partial charge is 0.186 e. The van der Waals surface area contributed by atoms with Gasteiger partial charge in [-0.2, -0.15) is 0 Å². The van der Waals surface area contributed by atoms with Crippen LogP contribution in [0, 0.1) is 0 Å². The van der Waals surface area contributed by atoms with Gasteiger partial charge >= 0.3 is 0 Å². The average Bonchev–Trinajstić information content (AvgIpc) is 2.33.